The zero-order valence-electron chi connectivity index (χ0n) is 14.1. The van der Waals surface area contributed by atoms with Crippen molar-refractivity contribution in [2.24, 2.45) is 0 Å². The molecule has 3 aromatic rings. The fourth-order valence-electron chi connectivity index (χ4n) is 2.63. The van der Waals surface area contributed by atoms with E-state index in [0.29, 0.717) is 18.2 Å². The molecule has 0 saturated carbocycles. The van der Waals surface area contributed by atoms with E-state index in [1.54, 1.807) is 11.6 Å². The van der Waals surface area contributed by atoms with E-state index in [0.717, 1.165) is 17.4 Å². The van der Waals surface area contributed by atoms with Gasteiger partial charge in [-0.2, -0.15) is 5.10 Å². The van der Waals surface area contributed by atoms with Crippen LogP contribution in [0.15, 0.2) is 60.7 Å². The number of nitrogens with one attached hydrogen (secondary N) is 1. The van der Waals surface area contributed by atoms with Crippen LogP contribution in [0.2, 0.25) is 0 Å². The Labute approximate surface area is 147 Å². The fraction of sp³-hybridized carbons (Fsp3) is 0.222. The average molecular weight is 356 g/mol. The lowest BCUT2D eigenvalue weighted by Crippen LogP contribution is -2.28. The lowest BCUT2D eigenvalue weighted by atomic mass is 10.2. The summed E-state index contributed by atoms with van der Waals surface area (Å²) in [6.07, 6.45) is 1.14. The number of hydrogen-bond donors (Lipinski definition) is 1. The Kier molecular flexibility index (Phi) is 4.96. The number of sulfonamides is 1. The molecule has 0 aliphatic heterocycles. The monoisotopic (exact) mass is 356 g/mol. The van der Waals surface area contributed by atoms with Gasteiger partial charge < -0.3 is 0 Å². The van der Waals surface area contributed by atoms with Crippen LogP contribution in [-0.4, -0.2) is 29.4 Å². The summed E-state index contributed by atoms with van der Waals surface area (Å²) in [6.45, 7) is 2.28. The normalized spacial score (nSPS) is 12.9. The van der Waals surface area contributed by atoms with Gasteiger partial charge in [0.1, 0.15) is 5.82 Å². The maximum Gasteiger partial charge on any atom is 0.209 e. The number of aromatic nitrogens is 3. The van der Waals surface area contributed by atoms with Gasteiger partial charge in [-0.25, -0.2) is 22.8 Å². The molecule has 0 aliphatic carbocycles. The van der Waals surface area contributed by atoms with Crippen LogP contribution in [0.3, 0.4) is 0 Å². The first-order chi connectivity index (χ1) is 11.9. The first-order valence-corrected chi connectivity index (χ1v) is 9.83. The highest BCUT2D eigenvalue weighted by Gasteiger charge is 2.20. The van der Waals surface area contributed by atoms with Gasteiger partial charge in [0.25, 0.3) is 0 Å². The van der Waals surface area contributed by atoms with Crippen molar-refractivity contribution in [2.75, 3.05) is 6.26 Å². The standard InChI is InChI=1S/C18H20N4O2S/c1-14(21-25(2,23)24)18-19-17(16-11-7-4-8-12-16)20-22(18)13-15-9-5-3-6-10-15/h3-12,14,21H,13H2,1-2H3/t14-/m0/s1. The molecule has 25 heavy (non-hydrogen) atoms. The Balaban J connectivity index is 2.00. The van der Waals surface area contributed by atoms with Crippen LogP contribution in [0.1, 0.15) is 24.4 Å². The van der Waals surface area contributed by atoms with Crippen LogP contribution in [0.25, 0.3) is 11.4 Å². The Morgan fingerprint density at radius 3 is 2.24 bits per heavy atom. The first-order valence-electron chi connectivity index (χ1n) is 7.94. The lowest BCUT2D eigenvalue weighted by Gasteiger charge is -2.13. The SMILES string of the molecule is C[C@H](NS(C)(=O)=O)c1nc(-c2ccccc2)nn1Cc1ccccc1. The third kappa shape index (κ3) is 4.52. The lowest BCUT2D eigenvalue weighted by molar-refractivity contribution is 0.541. The highest BCUT2D eigenvalue weighted by Crippen LogP contribution is 2.20. The molecule has 0 radical (unpaired) electrons. The van der Waals surface area contributed by atoms with Gasteiger partial charge in [-0.1, -0.05) is 60.7 Å². The molecule has 7 heteroatoms. The predicted molar refractivity (Wildman–Crippen MR) is 97.4 cm³/mol. The van der Waals surface area contributed by atoms with Crippen LogP contribution in [0.5, 0.6) is 0 Å². The molecule has 0 spiro atoms. The Morgan fingerprint density at radius 1 is 1.04 bits per heavy atom. The van der Waals surface area contributed by atoms with E-state index in [2.05, 4.69) is 14.8 Å². The summed E-state index contributed by atoms with van der Waals surface area (Å²) in [7, 11) is -3.35. The van der Waals surface area contributed by atoms with Gasteiger partial charge in [0.05, 0.1) is 18.8 Å². The van der Waals surface area contributed by atoms with Gasteiger partial charge >= 0.3 is 0 Å². The minimum atomic E-state index is -3.35. The van der Waals surface area contributed by atoms with E-state index < -0.39 is 16.1 Å². The summed E-state index contributed by atoms with van der Waals surface area (Å²) in [6, 6.07) is 19.0. The summed E-state index contributed by atoms with van der Waals surface area (Å²) < 4.78 is 27.5. The van der Waals surface area contributed by atoms with Crippen LogP contribution < -0.4 is 4.72 Å². The molecule has 1 N–H and O–H groups in total. The smallest absolute Gasteiger partial charge is 0.209 e. The van der Waals surface area contributed by atoms with Crippen molar-refractivity contribution in [3.05, 3.63) is 72.1 Å². The molecule has 0 saturated heterocycles. The summed E-state index contributed by atoms with van der Waals surface area (Å²) in [5.41, 5.74) is 1.96. The van der Waals surface area contributed by atoms with Crippen molar-refractivity contribution in [2.45, 2.75) is 19.5 Å². The molecule has 0 unspecified atom stereocenters. The molecular weight excluding hydrogens is 336 g/mol. The summed E-state index contributed by atoms with van der Waals surface area (Å²) in [5, 5.41) is 4.60. The Morgan fingerprint density at radius 2 is 1.64 bits per heavy atom. The largest absolute Gasteiger partial charge is 0.243 e. The molecule has 1 aromatic heterocycles. The maximum atomic E-state index is 11.6. The Hall–Kier alpha value is -2.51. The van der Waals surface area contributed by atoms with Crippen LogP contribution in [-0.2, 0) is 16.6 Å². The molecule has 0 bridgehead atoms. The molecule has 0 amide bonds. The van der Waals surface area contributed by atoms with Crippen molar-refractivity contribution >= 4 is 10.0 Å². The van der Waals surface area contributed by atoms with Crippen molar-refractivity contribution < 1.29 is 8.42 Å². The second kappa shape index (κ2) is 7.16. The van der Waals surface area contributed by atoms with E-state index in [1.165, 1.54) is 0 Å². The zero-order chi connectivity index (χ0) is 17.9. The number of benzene rings is 2. The maximum absolute atomic E-state index is 11.6. The van der Waals surface area contributed by atoms with E-state index in [9.17, 15) is 8.42 Å². The van der Waals surface area contributed by atoms with E-state index in [4.69, 9.17) is 0 Å². The van der Waals surface area contributed by atoms with Crippen LogP contribution in [0.4, 0.5) is 0 Å². The van der Waals surface area contributed by atoms with Gasteiger partial charge in [0, 0.05) is 5.56 Å². The van der Waals surface area contributed by atoms with Crippen molar-refractivity contribution in [3.8, 4) is 11.4 Å². The van der Waals surface area contributed by atoms with Gasteiger partial charge in [-0.05, 0) is 12.5 Å². The molecule has 130 valence electrons. The van der Waals surface area contributed by atoms with Crippen molar-refractivity contribution in [3.63, 3.8) is 0 Å². The first kappa shape index (κ1) is 17.3. The number of rotatable bonds is 6. The molecule has 1 heterocycles. The van der Waals surface area contributed by atoms with E-state index in [1.807, 2.05) is 60.7 Å². The second-order valence-electron chi connectivity index (χ2n) is 5.91. The zero-order valence-corrected chi connectivity index (χ0v) is 14.9. The number of nitrogens with zero attached hydrogens (tertiary/aromatic N) is 3. The fourth-order valence-corrected chi connectivity index (χ4v) is 3.38. The number of hydrogen-bond acceptors (Lipinski definition) is 4. The molecule has 6 nitrogen and oxygen atoms in total. The molecule has 1 atom stereocenters. The Bertz CT molecular complexity index is 938. The predicted octanol–water partition coefficient (Wildman–Crippen LogP) is 2.60. The molecule has 2 aromatic carbocycles. The second-order valence-corrected chi connectivity index (χ2v) is 7.69. The van der Waals surface area contributed by atoms with Crippen molar-refractivity contribution in [1.29, 1.82) is 0 Å². The third-order valence-corrected chi connectivity index (χ3v) is 4.47. The van der Waals surface area contributed by atoms with Crippen molar-refractivity contribution in [1.82, 2.24) is 19.5 Å². The van der Waals surface area contributed by atoms with Crippen LogP contribution in [0, 0.1) is 0 Å². The molecule has 3 rings (SSSR count). The van der Waals surface area contributed by atoms with Gasteiger partial charge in [0.15, 0.2) is 5.82 Å². The minimum Gasteiger partial charge on any atom is -0.243 e. The van der Waals surface area contributed by atoms with Gasteiger partial charge in [-0.3, -0.25) is 0 Å². The molecule has 0 fully saturated rings. The van der Waals surface area contributed by atoms with E-state index in [-0.39, 0.29) is 0 Å². The third-order valence-electron chi connectivity index (χ3n) is 3.69. The highest BCUT2D eigenvalue weighted by atomic mass is 32.2. The minimum absolute atomic E-state index is 0.483. The topological polar surface area (TPSA) is 76.9 Å². The summed E-state index contributed by atoms with van der Waals surface area (Å²) >= 11 is 0. The van der Waals surface area contributed by atoms with E-state index >= 15 is 0 Å². The quantitative estimate of drug-likeness (QED) is 0.736. The van der Waals surface area contributed by atoms with Gasteiger partial charge in [0.2, 0.25) is 10.0 Å². The summed E-state index contributed by atoms with van der Waals surface area (Å²) in [5.74, 6) is 1.15. The molecular formula is C18H20N4O2S. The molecule has 0 aliphatic rings. The average Bonchev–Trinajstić information content (AvgIpc) is 2.99. The van der Waals surface area contributed by atoms with Gasteiger partial charge in [-0.15, -0.1) is 0 Å². The summed E-state index contributed by atoms with van der Waals surface area (Å²) in [4.78, 5) is 4.59. The van der Waals surface area contributed by atoms with Crippen LogP contribution >= 0.6 is 0 Å². The highest BCUT2D eigenvalue weighted by molar-refractivity contribution is 7.88.